The Morgan fingerprint density at radius 1 is 1.08 bits per heavy atom. The van der Waals surface area contributed by atoms with E-state index in [1.165, 1.54) is 16.8 Å². The maximum Gasteiger partial charge on any atom is 0.240 e. The van der Waals surface area contributed by atoms with E-state index in [1.807, 2.05) is 6.07 Å². The maximum atomic E-state index is 12.3. The van der Waals surface area contributed by atoms with Gasteiger partial charge in [-0.05, 0) is 61.6 Å². The second kappa shape index (κ2) is 6.95. The van der Waals surface area contributed by atoms with E-state index in [0.717, 1.165) is 19.5 Å². The molecule has 1 saturated heterocycles. The number of aryl methyl sites for hydroxylation is 2. The molecule has 1 fully saturated rings. The van der Waals surface area contributed by atoms with Gasteiger partial charge in [0.1, 0.15) is 0 Å². The van der Waals surface area contributed by atoms with Crippen LogP contribution in [-0.2, 0) is 10.0 Å². The number of hydrogen-bond acceptors (Lipinski definition) is 3. The summed E-state index contributed by atoms with van der Waals surface area (Å²) in [5, 5.41) is 0. The molecular weight excluding hydrogens is 320 g/mol. The minimum atomic E-state index is -3.41. The molecule has 0 aliphatic carbocycles. The molecule has 3 rings (SSSR count). The summed E-state index contributed by atoms with van der Waals surface area (Å²) >= 11 is 0. The molecule has 1 unspecified atom stereocenters. The molecule has 0 amide bonds. The number of sulfonamides is 1. The normalized spacial score (nSPS) is 18.1. The van der Waals surface area contributed by atoms with Crippen LogP contribution in [0.2, 0.25) is 0 Å². The lowest BCUT2D eigenvalue weighted by atomic mass is 10.1. The first kappa shape index (κ1) is 17.0. The molecule has 0 radical (unpaired) electrons. The van der Waals surface area contributed by atoms with E-state index in [2.05, 4.69) is 41.7 Å². The molecule has 0 spiro atoms. The number of anilines is 1. The van der Waals surface area contributed by atoms with Gasteiger partial charge in [-0.25, -0.2) is 13.1 Å². The third-order valence-corrected chi connectivity index (χ3v) is 6.20. The zero-order valence-electron chi connectivity index (χ0n) is 14.2. The lowest BCUT2D eigenvalue weighted by Crippen LogP contribution is -2.31. The monoisotopic (exact) mass is 344 g/mol. The summed E-state index contributed by atoms with van der Waals surface area (Å²) in [4.78, 5) is 2.67. The Morgan fingerprint density at radius 2 is 1.83 bits per heavy atom. The molecule has 5 heteroatoms. The van der Waals surface area contributed by atoms with Gasteiger partial charge in [0.05, 0.1) is 4.90 Å². The predicted molar refractivity (Wildman–Crippen MR) is 97.9 cm³/mol. The van der Waals surface area contributed by atoms with Crippen molar-refractivity contribution < 1.29 is 8.42 Å². The number of benzene rings is 2. The van der Waals surface area contributed by atoms with Crippen LogP contribution < -0.4 is 9.62 Å². The van der Waals surface area contributed by atoms with Gasteiger partial charge in [-0.15, -0.1) is 0 Å². The van der Waals surface area contributed by atoms with Gasteiger partial charge in [-0.1, -0.05) is 24.3 Å². The van der Waals surface area contributed by atoms with E-state index < -0.39 is 10.0 Å². The molecule has 1 heterocycles. The van der Waals surface area contributed by atoms with Crippen LogP contribution in [0.5, 0.6) is 0 Å². The summed E-state index contributed by atoms with van der Waals surface area (Å²) in [6.07, 6.45) is 1.00. The zero-order chi connectivity index (χ0) is 17.2. The average Bonchev–Trinajstić information content (AvgIpc) is 3.05. The Hall–Kier alpha value is -1.85. The fourth-order valence-electron chi connectivity index (χ4n) is 3.07. The standard InChI is InChI=1S/C19H24N2O2S/c1-15-8-9-18(12-16(15)2)21-11-10-17(14-21)13-20-24(22,23)19-6-4-3-5-7-19/h3-9,12,17,20H,10-11,13-14H2,1-2H3. The van der Waals surface area contributed by atoms with Crippen molar-refractivity contribution in [2.45, 2.75) is 25.2 Å². The molecule has 1 aliphatic heterocycles. The summed E-state index contributed by atoms with van der Waals surface area (Å²) < 4.78 is 27.4. The van der Waals surface area contributed by atoms with Crippen molar-refractivity contribution in [2.75, 3.05) is 24.5 Å². The summed E-state index contributed by atoms with van der Waals surface area (Å²) in [6, 6.07) is 15.1. The number of rotatable bonds is 5. The van der Waals surface area contributed by atoms with Gasteiger partial charge in [0.15, 0.2) is 0 Å². The minimum absolute atomic E-state index is 0.328. The first-order valence-electron chi connectivity index (χ1n) is 8.32. The predicted octanol–water partition coefficient (Wildman–Crippen LogP) is 3.11. The molecule has 1 atom stereocenters. The van der Waals surface area contributed by atoms with Crippen LogP contribution in [0.15, 0.2) is 53.4 Å². The second-order valence-electron chi connectivity index (χ2n) is 6.53. The molecule has 24 heavy (non-hydrogen) atoms. The highest BCUT2D eigenvalue weighted by Crippen LogP contribution is 2.25. The van der Waals surface area contributed by atoms with Crippen LogP contribution in [-0.4, -0.2) is 28.1 Å². The lowest BCUT2D eigenvalue weighted by molar-refractivity contribution is 0.541. The number of nitrogens with zero attached hydrogens (tertiary/aromatic N) is 1. The van der Waals surface area contributed by atoms with E-state index in [9.17, 15) is 8.42 Å². The van der Waals surface area contributed by atoms with Crippen LogP contribution in [0.3, 0.4) is 0 Å². The lowest BCUT2D eigenvalue weighted by Gasteiger charge is -2.20. The smallest absolute Gasteiger partial charge is 0.240 e. The molecule has 0 saturated carbocycles. The molecule has 1 aliphatic rings. The summed E-state index contributed by atoms with van der Waals surface area (Å²) in [6.45, 7) is 6.59. The Balaban J connectivity index is 1.59. The molecule has 2 aromatic rings. The fraction of sp³-hybridized carbons (Fsp3) is 0.368. The van der Waals surface area contributed by atoms with E-state index in [4.69, 9.17) is 0 Å². The SMILES string of the molecule is Cc1ccc(N2CCC(CNS(=O)(=O)c3ccccc3)C2)cc1C. The Labute approximate surface area is 144 Å². The molecule has 4 nitrogen and oxygen atoms in total. The van der Waals surface area contributed by atoms with Crippen molar-refractivity contribution in [1.82, 2.24) is 4.72 Å². The molecule has 1 N–H and O–H groups in total. The van der Waals surface area contributed by atoms with Crippen molar-refractivity contribution in [1.29, 1.82) is 0 Å². The summed E-state index contributed by atoms with van der Waals surface area (Å²) in [5.74, 6) is 0.338. The molecule has 2 aromatic carbocycles. The quantitative estimate of drug-likeness (QED) is 0.907. The molecular formula is C19H24N2O2S. The molecule has 128 valence electrons. The van der Waals surface area contributed by atoms with E-state index in [-0.39, 0.29) is 0 Å². The Kier molecular flexibility index (Phi) is 4.92. The Bertz CT molecular complexity index is 803. The van der Waals surface area contributed by atoms with Crippen molar-refractivity contribution in [2.24, 2.45) is 5.92 Å². The van der Waals surface area contributed by atoms with Gasteiger partial charge in [0.25, 0.3) is 0 Å². The van der Waals surface area contributed by atoms with E-state index in [1.54, 1.807) is 24.3 Å². The van der Waals surface area contributed by atoms with Crippen LogP contribution >= 0.6 is 0 Å². The average molecular weight is 344 g/mol. The molecule has 0 bridgehead atoms. The second-order valence-corrected chi connectivity index (χ2v) is 8.30. The third kappa shape index (κ3) is 3.79. The van der Waals surface area contributed by atoms with Crippen molar-refractivity contribution in [3.05, 3.63) is 59.7 Å². The third-order valence-electron chi connectivity index (χ3n) is 4.76. The van der Waals surface area contributed by atoms with E-state index in [0.29, 0.717) is 17.4 Å². The first-order chi connectivity index (χ1) is 11.5. The fourth-order valence-corrected chi connectivity index (χ4v) is 4.20. The molecule has 0 aromatic heterocycles. The number of nitrogens with one attached hydrogen (secondary N) is 1. The highest BCUT2D eigenvalue weighted by molar-refractivity contribution is 7.89. The van der Waals surface area contributed by atoms with Crippen LogP contribution in [0.1, 0.15) is 17.5 Å². The summed E-state index contributed by atoms with van der Waals surface area (Å²) in [5.41, 5.74) is 3.82. The van der Waals surface area contributed by atoms with Crippen molar-refractivity contribution in [3.8, 4) is 0 Å². The topological polar surface area (TPSA) is 49.4 Å². The highest BCUT2D eigenvalue weighted by Gasteiger charge is 2.24. The van der Waals surface area contributed by atoms with Crippen LogP contribution in [0.25, 0.3) is 0 Å². The highest BCUT2D eigenvalue weighted by atomic mass is 32.2. The van der Waals surface area contributed by atoms with Gasteiger partial charge < -0.3 is 4.90 Å². The van der Waals surface area contributed by atoms with Gasteiger partial charge in [0, 0.05) is 25.3 Å². The zero-order valence-corrected chi connectivity index (χ0v) is 15.0. The van der Waals surface area contributed by atoms with Gasteiger partial charge in [0.2, 0.25) is 10.0 Å². The van der Waals surface area contributed by atoms with Crippen molar-refractivity contribution >= 4 is 15.7 Å². The van der Waals surface area contributed by atoms with Crippen molar-refractivity contribution in [3.63, 3.8) is 0 Å². The maximum absolute atomic E-state index is 12.3. The first-order valence-corrected chi connectivity index (χ1v) is 9.81. The van der Waals surface area contributed by atoms with E-state index >= 15 is 0 Å². The Morgan fingerprint density at radius 3 is 2.54 bits per heavy atom. The largest absolute Gasteiger partial charge is 0.371 e. The van der Waals surface area contributed by atoms with Crippen LogP contribution in [0, 0.1) is 19.8 Å². The van der Waals surface area contributed by atoms with Crippen LogP contribution in [0.4, 0.5) is 5.69 Å². The summed E-state index contributed by atoms with van der Waals surface area (Å²) in [7, 11) is -3.41. The minimum Gasteiger partial charge on any atom is -0.371 e. The van der Waals surface area contributed by atoms with Gasteiger partial charge >= 0.3 is 0 Å². The number of hydrogen-bond donors (Lipinski definition) is 1. The van der Waals surface area contributed by atoms with Gasteiger partial charge in [-0.2, -0.15) is 0 Å². The van der Waals surface area contributed by atoms with Gasteiger partial charge in [-0.3, -0.25) is 0 Å².